The Kier molecular flexibility index (Phi) is 11.6. The number of hydrogen-bond acceptors (Lipinski definition) is 8. The molecule has 3 amide bonds. The number of benzene rings is 3. The van der Waals surface area contributed by atoms with Crippen molar-refractivity contribution in [1.29, 1.82) is 5.26 Å². The van der Waals surface area contributed by atoms with Crippen molar-refractivity contribution < 1.29 is 33.7 Å². The van der Waals surface area contributed by atoms with Gasteiger partial charge in [-0.2, -0.15) is 5.26 Å². The van der Waals surface area contributed by atoms with Crippen LogP contribution in [0, 0.1) is 25.2 Å². The van der Waals surface area contributed by atoms with Crippen LogP contribution in [0.25, 0.3) is 0 Å². The Morgan fingerprint density at radius 1 is 1.00 bits per heavy atom. The molecule has 43 heavy (non-hydrogen) atoms. The van der Waals surface area contributed by atoms with E-state index >= 15 is 0 Å². The number of nitrogens with zero attached hydrogens (tertiary/aromatic N) is 2. The Morgan fingerprint density at radius 2 is 1.74 bits per heavy atom. The fourth-order valence-electron chi connectivity index (χ4n) is 4.03. The summed E-state index contributed by atoms with van der Waals surface area (Å²) in [5, 5.41) is 25.4. The third-order valence-electron chi connectivity index (χ3n) is 6.25. The van der Waals surface area contributed by atoms with Crippen molar-refractivity contribution >= 4 is 46.6 Å². The Labute approximate surface area is 254 Å². The second kappa shape index (κ2) is 15.3. The van der Waals surface area contributed by atoms with Crippen LogP contribution in [0.2, 0.25) is 5.02 Å². The van der Waals surface area contributed by atoms with Gasteiger partial charge in [-0.25, -0.2) is 9.59 Å². The molecule has 3 aromatic rings. The number of carbonyl (C=O) groups is 3. The number of ether oxygens (including phenoxy) is 3. The maximum absolute atomic E-state index is 13.5. The summed E-state index contributed by atoms with van der Waals surface area (Å²) < 4.78 is 16.2. The Hall–Kier alpha value is -4.95. The zero-order valence-electron chi connectivity index (χ0n) is 24.3. The predicted octanol–water partition coefficient (Wildman–Crippen LogP) is 5.94. The van der Waals surface area contributed by atoms with E-state index in [9.17, 15) is 24.8 Å². The highest BCUT2D eigenvalue weighted by Crippen LogP contribution is 2.39. The molecule has 0 unspecified atom stereocenters. The first-order valence-corrected chi connectivity index (χ1v) is 13.8. The molecule has 3 aromatic carbocycles. The van der Waals surface area contributed by atoms with Gasteiger partial charge in [0.2, 0.25) is 0 Å². The number of rotatable bonds is 12. The zero-order chi connectivity index (χ0) is 31.5. The van der Waals surface area contributed by atoms with Gasteiger partial charge in [-0.1, -0.05) is 42.6 Å². The number of amides is 3. The van der Waals surface area contributed by atoms with Crippen LogP contribution in [0.1, 0.15) is 36.5 Å². The molecule has 0 bridgehead atoms. The van der Waals surface area contributed by atoms with Crippen LogP contribution in [-0.2, 0) is 14.3 Å². The summed E-state index contributed by atoms with van der Waals surface area (Å²) in [6.07, 6.45) is 1.39. The molecule has 0 atom stereocenters. The van der Waals surface area contributed by atoms with Crippen molar-refractivity contribution in [1.82, 2.24) is 0 Å². The highest BCUT2D eigenvalue weighted by molar-refractivity contribution is 6.31. The molecule has 0 spiro atoms. The van der Waals surface area contributed by atoms with E-state index in [1.165, 1.54) is 42.3 Å². The Balaban J connectivity index is 1.90. The maximum atomic E-state index is 13.5. The third-order valence-corrected chi connectivity index (χ3v) is 6.58. The molecule has 0 heterocycles. The summed E-state index contributed by atoms with van der Waals surface area (Å²) in [5.74, 6) is -0.855. The van der Waals surface area contributed by atoms with Gasteiger partial charge >= 0.3 is 12.0 Å². The van der Waals surface area contributed by atoms with Gasteiger partial charge in [-0.3, -0.25) is 4.79 Å². The SMILES string of the molecule is CCCCN(C(=O)COc1ccc(C)cc1C)c1cc(O)c(NC(=O)Nc2ccc(Cl)c(C#N)c2)cc1OCC(=O)OC. The van der Waals surface area contributed by atoms with Crippen molar-refractivity contribution in [3.8, 4) is 23.3 Å². The van der Waals surface area contributed by atoms with Crippen LogP contribution >= 0.6 is 11.6 Å². The standard InChI is InChI=1S/C31H33ClN4O7/c1-5-6-11-36(29(38)17-42-27-10-7-19(2)12-20(27)3)25-15-26(37)24(14-28(25)43-18-30(39)41-4)35-31(40)34-22-8-9-23(32)21(13-22)16-33/h7-10,12-15,37H,5-6,11,17-18H2,1-4H3,(H2,34,35,40). The van der Waals surface area contributed by atoms with Gasteiger partial charge < -0.3 is 34.9 Å². The van der Waals surface area contributed by atoms with Crippen LogP contribution in [0.15, 0.2) is 48.5 Å². The molecule has 0 saturated carbocycles. The number of hydrogen-bond donors (Lipinski definition) is 3. The smallest absolute Gasteiger partial charge is 0.343 e. The number of aryl methyl sites for hydroxylation is 2. The monoisotopic (exact) mass is 608 g/mol. The van der Waals surface area contributed by atoms with Crippen molar-refractivity contribution in [2.75, 3.05) is 42.4 Å². The van der Waals surface area contributed by atoms with Gasteiger partial charge in [0, 0.05) is 24.4 Å². The van der Waals surface area contributed by atoms with E-state index < -0.39 is 24.5 Å². The highest BCUT2D eigenvalue weighted by atomic mass is 35.5. The van der Waals surface area contributed by atoms with E-state index in [1.54, 1.807) is 6.07 Å². The Bertz CT molecular complexity index is 1540. The summed E-state index contributed by atoms with van der Waals surface area (Å²) in [4.78, 5) is 39.5. The lowest BCUT2D eigenvalue weighted by Crippen LogP contribution is -2.36. The van der Waals surface area contributed by atoms with Gasteiger partial charge in [0.05, 0.1) is 29.1 Å². The number of phenols is 1. The van der Waals surface area contributed by atoms with Crippen LogP contribution < -0.4 is 25.0 Å². The lowest BCUT2D eigenvalue weighted by molar-refractivity contribution is -0.142. The van der Waals surface area contributed by atoms with Gasteiger partial charge in [-0.05, 0) is 50.1 Å². The normalized spacial score (nSPS) is 10.3. The number of methoxy groups -OCH3 is 1. The van der Waals surface area contributed by atoms with Crippen LogP contribution in [-0.4, -0.2) is 49.9 Å². The van der Waals surface area contributed by atoms with Gasteiger partial charge in [0.1, 0.15) is 23.3 Å². The largest absolute Gasteiger partial charge is 0.506 e. The molecule has 0 aliphatic carbocycles. The summed E-state index contributed by atoms with van der Waals surface area (Å²) in [6.45, 7) is 5.30. The fraction of sp³-hybridized carbons (Fsp3) is 0.290. The second-order valence-corrected chi connectivity index (χ2v) is 9.95. The minimum atomic E-state index is -0.742. The lowest BCUT2D eigenvalue weighted by Gasteiger charge is -2.26. The third kappa shape index (κ3) is 9.02. The number of carbonyl (C=O) groups excluding carboxylic acids is 3. The molecule has 0 aliphatic heterocycles. The lowest BCUT2D eigenvalue weighted by atomic mass is 10.1. The maximum Gasteiger partial charge on any atom is 0.343 e. The summed E-state index contributed by atoms with van der Waals surface area (Å²) in [6, 6.07) is 13.7. The first-order valence-electron chi connectivity index (χ1n) is 13.4. The molecule has 0 fully saturated rings. The van der Waals surface area contributed by atoms with Gasteiger partial charge in [0.15, 0.2) is 13.2 Å². The number of nitriles is 1. The molecule has 226 valence electrons. The minimum absolute atomic E-state index is 0.0349. The van der Waals surface area contributed by atoms with Crippen molar-refractivity contribution in [3.63, 3.8) is 0 Å². The van der Waals surface area contributed by atoms with Crippen molar-refractivity contribution in [2.45, 2.75) is 33.6 Å². The number of nitrogens with one attached hydrogen (secondary N) is 2. The van der Waals surface area contributed by atoms with Crippen molar-refractivity contribution in [3.05, 3.63) is 70.2 Å². The quantitative estimate of drug-likeness (QED) is 0.169. The summed E-state index contributed by atoms with van der Waals surface area (Å²) >= 11 is 5.95. The van der Waals surface area contributed by atoms with E-state index in [1.807, 2.05) is 39.0 Å². The molecule has 3 N–H and O–H groups in total. The van der Waals surface area contributed by atoms with E-state index in [0.717, 1.165) is 17.5 Å². The molecule has 3 rings (SSSR count). The first kappa shape index (κ1) is 32.6. The fourth-order valence-corrected chi connectivity index (χ4v) is 4.19. The molecular formula is C31H33ClN4O7. The van der Waals surface area contributed by atoms with E-state index in [2.05, 4.69) is 15.4 Å². The number of urea groups is 1. The van der Waals surface area contributed by atoms with E-state index in [4.69, 9.17) is 21.1 Å². The number of phenolic OH excluding ortho intramolecular Hbond substituents is 1. The molecular weight excluding hydrogens is 576 g/mol. The van der Waals surface area contributed by atoms with Gasteiger partial charge in [-0.15, -0.1) is 0 Å². The second-order valence-electron chi connectivity index (χ2n) is 9.54. The van der Waals surface area contributed by atoms with E-state index in [-0.39, 0.29) is 52.3 Å². The minimum Gasteiger partial charge on any atom is -0.506 e. The predicted molar refractivity (Wildman–Crippen MR) is 163 cm³/mol. The first-order chi connectivity index (χ1) is 20.6. The topological polar surface area (TPSA) is 150 Å². The molecule has 0 aliphatic rings. The van der Waals surface area contributed by atoms with Crippen molar-refractivity contribution in [2.24, 2.45) is 0 Å². The number of halogens is 1. The van der Waals surface area contributed by atoms with E-state index in [0.29, 0.717) is 12.2 Å². The number of esters is 1. The average molecular weight is 609 g/mol. The summed E-state index contributed by atoms with van der Waals surface area (Å²) in [7, 11) is 1.21. The molecule has 0 radical (unpaired) electrons. The van der Waals surface area contributed by atoms with Crippen LogP contribution in [0.5, 0.6) is 17.2 Å². The molecule has 0 saturated heterocycles. The number of anilines is 3. The molecule has 0 aromatic heterocycles. The Morgan fingerprint density at radius 3 is 2.42 bits per heavy atom. The zero-order valence-corrected chi connectivity index (χ0v) is 25.1. The van der Waals surface area contributed by atoms with Crippen LogP contribution in [0.3, 0.4) is 0 Å². The molecule has 12 heteroatoms. The molecule has 11 nitrogen and oxygen atoms in total. The van der Waals surface area contributed by atoms with Gasteiger partial charge in [0.25, 0.3) is 5.91 Å². The van der Waals surface area contributed by atoms with Crippen LogP contribution in [0.4, 0.5) is 21.9 Å². The highest BCUT2D eigenvalue weighted by Gasteiger charge is 2.24. The average Bonchev–Trinajstić information content (AvgIpc) is 2.98. The number of unbranched alkanes of at least 4 members (excludes halogenated alkanes) is 1. The summed E-state index contributed by atoms with van der Waals surface area (Å²) in [5.41, 5.74) is 2.51. The number of aromatic hydroxyl groups is 1.